The summed E-state index contributed by atoms with van der Waals surface area (Å²) in [6.45, 7) is 0. The van der Waals surface area contributed by atoms with Crippen LogP contribution in [0, 0.1) is 5.21 Å². The fourth-order valence-corrected chi connectivity index (χ4v) is 1.26. The van der Waals surface area contributed by atoms with Gasteiger partial charge in [-0.1, -0.05) is 12.1 Å². The number of nitrogens with one attached hydrogen (secondary N) is 1. The number of carbonyl (C=O) groups is 1. The smallest absolute Gasteiger partial charge is 0.377 e. The lowest BCUT2D eigenvalue weighted by Crippen LogP contribution is -3.05. The molecule has 1 aromatic rings. The summed E-state index contributed by atoms with van der Waals surface area (Å²) in [5, 5.41) is 10.4. The Kier molecular flexibility index (Phi) is 1.72. The molecule has 2 rings (SSSR count). The molecule has 0 spiro atoms. The van der Waals surface area contributed by atoms with Gasteiger partial charge in [-0.3, -0.25) is 5.06 Å². The summed E-state index contributed by atoms with van der Waals surface area (Å²) in [5.41, 5.74) is 0.735. The van der Waals surface area contributed by atoms with Crippen molar-refractivity contribution in [2.75, 3.05) is 0 Å². The van der Waals surface area contributed by atoms with Crippen molar-refractivity contribution in [3.05, 3.63) is 40.9 Å². The molecule has 0 fully saturated rings. The highest BCUT2D eigenvalue weighted by Gasteiger charge is 2.26. The molecule has 0 aliphatic carbocycles. The molecule has 1 heterocycles. The predicted molar refractivity (Wildman–Crippen MR) is 44.5 cm³/mol. The van der Waals surface area contributed by atoms with Crippen LogP contribution >= 0.6 is 0 Å². The molecular weight excluding hydrogens is 173 g/mol. The third kappa shape index (κ3) is 1.16. The van der Waals surface area contributed by atoms with E-state index in [1.165, 1.54) is 6.07 Å². The molecule has 13 heavy (non-hydrogen) atoms. The van der Waals surface area contributed by atoms with E-state index in [-0.39, 0.29) is 5.69 Å². The van der Waals surface area contributed by atoms with E-state index in [0.717, 1.165) is 6.08 Å². The van der Waals surface area contributed by atoms with E-state index < -0.39 is 16.8 Å². The predicted octanol–water partition coefficient (Wildman–Crippen LogP) is 0.551. The Morgan fingerprint density at radius 2 is 2.00 bits per heavy atom. The number of hydrogen-bond donors (Lipinski definition) is 1. The first-order valence-electron chi connectivity index (χ1n) is 3.75. The Labute approximate surface area is 73.7 Å². The van der Waals surface area contributed by atoms with Crippen molar-refractivity contribution in [3.8, 4) is 0 Å². The Balaban J connectivity index is 2.63. The molecule has 1 aliphatic heterocycles. The van der Waals surface area contributed by atoms with Gasteiger partial charge in [-0.15, -0.1) is 0 Å². The van der Waals surface area contributed by atoms with Crippen LogP contribution in [0.5, 0.6) is 0 Å². The van der Waals surface area contributed by atoms with Crippen LogP contribution in [-0.4, -0.2) is 5.91 Å². The number of rotatable bonds is 0. The fraction of sp³-hybridized carbons (Fsp3) is 0. The second kappa shape index (κ2) is 2.76. The van der Waals surface area contributed by atoms with Crippen molar-refractivity contribution >= 4 is 17.7 Å². The molecule has 66 valence electrons. The number of benzene rings is 1. The monoisotopic (exact) mass is 179 g/mol. The van der Waals surface area contributed by atoms with Gasteiger partial charge in [0.25, 0.3) is 0 Å². The van der Waals surface area contributed by atoms with Gasteiger partial charge < -0.3 is 5.21 Å². The first kappa shape index (κ1) is 8.10. The number of fused-ring (bicyclic) bond motifs is 1. The van der Waals surface area contributed by atoms with Gasteiger partial charge in [-0.05, 0) is 12.1 Å². The van der Waals surface area contributed by atoms with Gasteiger partial charge in [0.15, 0.2) is 0 Å². The zero-order valence-electron chi connectivity index (χ0n) is 6.58. The van der Waals surface area contributed by atoms with Crippen molar-refractivity contribution < 1.29 is 14.2 Å². The molecule has 1 atom stereocenters. The molecular formula is C9H6FNO2. The van der Waals surface area contributed by atoms with Gasteiger partial charge in [0.05, 0.1) is 0 Å². The van der Waals surface area contributed by atoms with E-state index in [9.17, 15) is 14.4 Å². The molecule has 0 saturated carbocycles. The van der Waals surface area contributed by atoms with Gasteiger partial charge in [-0.25, -0.2) is 4.79 Å². The number of quaternary nitrogens is 1. The lowest BCUT2D eigenvalue weighted by Gasteiger charge is -2.22. The largest absolute Gasteiger partial charge is 0.621 e. The Bertz CT molecular complexity index is 400. The van der Waals surface area contributed by atoms with Crippen LogP contribution < -0.4 is 5.06 Å². The minimum absolute atomic E-state index is 0.272. The lowest BCUT2D eigenvalue weighted by atomic mass is 10.1. The summed E-state index contributed by atoms with van der Waals surface area (Å²) < 4.78 is 12.8. The molecule has 1 amide bonds. The van der Waals surface area contributed by atoms with E-state index in [0.29, 0.717) is 5.56 Å². The highest BCUT2D eigenvalue weighted by molar-refractivity contribution is 5.94. The summed E-state index contributed by atoms with van der Waals surface area (Å²) in [4.78, 5) is 10.9. The summed E-state index contributed by atoms with van der Waals surface area (Å²) in [6.07, 6.45) is 1.08. The van der Waals surface area contributed by atoms with Gasteiger partial charge in [-0.2, -0.15) is 4.39 Å². The van der Waals surface area contributed by atoms with Crippen LogP contribution in [0.1, 0.15) is 5.56 Å². The highest BCUT2D eigenvalue weighted by atomic mass is 19.1. The quantitative estimate of drug-likeness (QED) is 0.591. The zero-order valence-corrected chi connectivity index (χ0v) is 6.58. The molecule has 0 aromatic heterocycles. The van der Waals surface area contributed by atoms with Crippen LogP contribution in [0.15, 0.2) is 30.1 Å². The molecule has 4 heteroatoms. The molecule has 1 aromatic carbocycles. The van der Waals surface area contributed by atoms with Crippen LogP contribution in [-0.2, 0) is 4.79 Å². The fourth-order valence-electron chi connectivity index (χ4n) is 1.26. The van der Waals surface area contributed by atoms with Crippen LogP contribution in [0.25, 0.3) is 6.08 Å². The molecule has 0 radical (unpaired) electrons. The summed E-state index contributed by atoms with van der Waals surface area (Å²) in [6, 6.07) is 6.44. The van der Waals surface area contributed by atoms with Crippen molar-refractivity contribution in [1.82, 2.24) is 0 Å². The van der Waals surface area contributed by atoms with E-state index in [1.807, 2.05) is 0 Å². The number of hydroxylamine groups is 1. The third-order valence-electron chi connectivity index (χ3n) is 1.91. The van der Waals surface area contributed by atoms with Crippen molar-refractivity contribution in [1.29, 1.82) is 0 Å². The van der Waals surface area contributed by atoms with Crippen molar-refractivity contribution in [2.45, 2.75) is 0 Å². The van der Waals surface area contributed by atoms with Gasteiger partial charge in [0, 0.05) is 11.6 Å². The van der Waals surface area contributed by atoms with Gasteiger partial charge in [0.2, 0.25) is 5.83 Å². The zero-order chi connectivity index (χ0) is 9.42. The Morgan fingerprint density at radius 3 is 2.77 bits per heavy atom. The number of carbonyl (C=O) groups excluding carboxylic acids is 1. The van der Waals surface area contributed by atoms with Gasteiger partial charge in [0.1, 0.15) is 5.69 Å². The summed E-state index contributed by atoms with van der Waals surface area (Å²) >= 11 is 0. The highest BCUT2D eigenvalue weighted by Crippen LogP contribution is 2.18. The minimum atomic E-state index is -1.06. The second-order valence-corrected chi connectivity index (χ2v) is 2.74. The second-order valence-electron chi connectivity index (χ2n) is 2.74. The maximum absolute atomic E-state index is 12.8. The molecule has 1 aliphatic rings. The van der Waals surface area contributed by atoms with E-state index in [2.05, 4.69) is 0 Å². The first-order valence-corrected chi connectivity index (χ1v) is 3.75. The third-order valence-corrected chi connectivity index (χ3v) is 1.91. The van der Waals surface area contributed by atoms with Crippen LogP contribution in [0.3, 0.4) is 0 Å². The molecule has 1 unspecified atom stereocenters. The van der Waals surface area contributed by atoms with Gasteiger partial charge >= 0.3 is 5.91 Å². The SMILES string of the molecule is O=C1C(F)=Cc2ccccc2[NH+]1[O-]. The number of halogens is 1. The molecule has 1 N–H and O–H groups in total. The molecule has 0 bridgehead atoms. The lowest BCUT2D eigenvalue weighted by molar-refractivity contribution is -0.687. The first-order chi connectivity index (χ1) is 6.20. The van der Waals surface area contributed by atoms with E-state index in [4.69, 9.17) is 0 Å². The number of amides is 1. The minimum Gasteiger partial charge on any atom is -0.621 e. The van der Waals surface area contributed by atoms with E-state index in [1.54, 1.807) is 18.2 Å². The average molecular weight is 179 g/mol. The topological polar surface area (TPSA) is 44.6 Å². The van der Waals surface area contributed by atoms with E-state index >= 15 is 0 Å². The molecule has 3 nitrogen and oxygen atoms in total. The molecule has 0 saturated heterocycles. The van der Waals surface area contributed by atoms with Crippen molar-refractivity contribution in [3.63, 3.8) is 0 Å². The standard InChI is InChI=1S/C9H6FNO2/c10-7-5-6-3-1-2-4-8(6)11(13)9(7)12/h1-5,11H. The van der Waals surface area contributed by atoms with Crippen molar-refractivity contribution in [2.24, 2.45) is 0 Å². The Morgan fingerprint density at radius 1 is 1.31 bits per heavy atom. The number of hydrogen-bond acceptors (Lipinski definition) is 2. The normalized spacial score (nSPS) is 20.9. The Hall–Kier alpha value is -1.52. The number of para-hydroxylation sites is 1. The average Bonchev–Trinajstić information content (AvgIpc) is 2.15. The maximum atomic E-state index is 12.8. The van der Waals surface area contributed by atoms with Crippen LogP contribution in [0.4, 0.5) is 10.1 Å². The summed E-state index contributed by atoms with van der Waals surface area (Å²) in [7, 11) is 0. The maximum Gasteiger partial charge on any atom is 0.377 e. The summed E-state index contributed by atoms with van der Waals surface area (Å²) in [5.74, 6) is -2.04. The van der Waals surface area contributed by atoms with Crippen LogP contribution in [0.2, 0.25) is 0 Å².